The van der Waals surface area contributed by atoms with Crippen molar-refractivity contribution in [1.82, 2.24) is 5.32 Å². The van der Waals surface area contributed by atoms with Crippen LogP contribution in [0.4, 0.5) is 5.69 Å². The van der Waals surface area contributed by atoms with Crippen molar-refractivity contribution in [1.29, 1.82) is 0 Å². The van der Waals surface area contributed by atoms with Gasteiger partial charge in [-0.3, -0.25) is 10.1 Å². The normalized spacial score (nSPS) is 9.91. The molecule has 0 aromatic heterocycles. The maximum atomic E-state index is 12.2. The van der Waals surface area contributed by atoms with E-state index in [-0.39, 0.29) is 11.0 Å². The molecular formula is C17H18N2O2S. The zero-order valence-corrected chi connectivity index (χ0v) is 13.4. The van der Waals surface area contributed by atoms with Gasteiger partial charge in [-0.15, -0.1) is 0 Å². The lowest BCUT2D eigenvalue weighted by Crippen LogP contribution is -2.34. The van der Waals surface area contributed by atoms with Crippen molar-refractivity contribution in [2.45, 2.75) is 13.8 Å². The molecular weight excluding hydrogens is 296 g/mol. The highest BCUT2D eigenvalue weighted by Crippen LogP contribution is 2.14. The van der Waals surface area contributed by atoms with Crippen LogP contribution in [0, 0.1) is 6.92 Å². The molecule has 2 rings (SSSR count). The van der Waals surface area contributed by atoms with E-state index < -0.39 is 0 Å². The van der Waals surface area contributed by atoms with Gasteiger partial charge in [0, 0.05) is 11.3 Å². The molecule has 0 bridgehead atoms. The molecule has 2 N–H and O–H groups in total. The Hall–Kier alpha value is -2.40. The Bertz CT molecular complexity index is 686. The van der Waals surface area contributed by atoms with Gasteiger partial charge in [-0.25, -0.2) is 0 Å². The summed E-state index contributed by atoms with van der Waals surface area (Å²) in [6.07, 6.45) is 0. The lowest BCUT2D eigenvalue weighted by atomic mass is 10.2. The smallest absolute Gasteiger partial charge is 0.257 e. The first-order valence-electron chi connectivity index (χ1n) is 7.01. The first-order chi connectivity index (χ1) is 10.6. The third kappa shape index (κ3) is 4.30. The summed E-state index contributed by atoms with van der Waals surface area (Å²) in [5.41, 5.74) is 2.42. The van der Waals surface area contributed by atoms with Gasteiger partial charge in [-0.2, -0.15) is 0 Å². The van der Waals surface area contributed by atoms with Gasteiger partial charge >= 0.3 is 0 Å². The number of ether oxygens (including phenoxy) is 1. The van der Waals surface area contributed by atoms with E-state index in [1.807, 2.05) is 44.2 Å². The third-order valence-corrected chi connectivity index (χ3v) is 3.23. The number of hydrogen-bond donors (Lipinski definition) is 2. The molecule has 22 heavy (non-hydrogen) atoms. The fourth-order valence-corrected chi connectivity index (χ4v) is 2.14. The third-order valence-electron chi connectivity index (χ3n) is 3.03. The summed E-state index contributed by atoms with van der Waals surface area (Å²) in [6.45, 7) is 4.42. The lowest BCUT2D eigenvalue weighted by Gasteiger charge is -2.12. The van der Waals surface area contributed by atoms with Gasteiger partial charge in [-0.05, 0) is 55.9 Å². The van der Waals surface area contributed by atoms with Crippen LogP contribution in [0.5, 0.6) is 5.75 Å². The number of nitrogens with one attached hydrogen (secondary N) is 2. The topological polar surface area (TPSA) is 50.4 Å². The molecule has 4 nitrogen and oxygen atoms in total. The molecule has 114 valence electrons. The second-order valence-corrected chi connectivity index (χ2v) is 5.09. The Kier molecular flexibility index (Phi) is 5.49. The monoisotopic (exact) mass is 314 g/mol. The number of carbonyl (C=O) groups excluding carboxylic acids is 1. The van der Waals surface area contributed by atoms with Crippen LogP contribution in [0.1, 0.15) is 22.8 Å². The summed E-state index contributed by atoms with van der Waals surface area (Å²) in [4.78, 5) is 12.2. The standard InChI is InChI=1S/C17H18N2O2S/c1-3-21-14-9-6-8-13(11-14)16(20)19-17(22)18-15-10-5-4-7-12(15)2/h4-11H,3H2,1-2H3,(H2,18,19,20,22). The molecule has 0 aliphatic rings. The molecule has 2 aromatic carbocycles. The van der Waals surface area contributed by atoms with E-state index in [0.29, 0.717) is 17.9 Å². The minimum absolute atomic E-state index is 0.265. The Balaban J connectivity index is 2.01. The van der Waals surface area contributed by atoms with Gasteiger partial charge in [0.15, 0.2) is 5.11 Å². The van der Waals surface area contributed by atoms with Crippen LogP contribution in [0.2, 0.25) is 0 Å². The first-order valence-corrected chi connectivity index (χ1v) is 7.42. The summed E-state index contributed by atoms with van der Waals surface area (Å²) >= 11 is 5.18. The van der Waals surface area contributed by atoms with Gasteiger partial charge in [-0.1, -0.05) is 24.3 Å². The summed E-state index contributed by atoms with van der Waals surface area (Å²) in [5, 5.41) is 5.95. The lowest BCUT2D eigenvalue weighted by molar-refractivity contribution is 0.0977. The number of benzene rings is 2. The van der Waals surface area contributed by atoms with Gasteiger partial charge in [0.2, 0.25) is 0 Å². The molecule has 5 heteroatoms. The number of aryl methyl sites for hydroxylation is 1. The molecule has 0 fully saturated rings. The van der Waals surface area contributed by atoms with Crippen molar-refractivity contribution >= 4 is 28.9 Å². The molecule has 0 atom stereocenters. The van der Waals surface area contributed by atoms with E-state index in [1.54, 1.807) is 18.2 Å². The molecule has 0 spiro atoms. The van der Waals surface area contributed by atoms with Crippen molar-refractivity contribution in [3.8, 4) is 5.75 Å². The van der Waals surface area contributed by atoms with Crippen LogP contribution in [0.15, 0.2) is 48.5 Å². The van der Waals surface area contributed by atoms with Gasteiger partial charge < -0.3 is 10.1 Å². The summed E-state index contributed by atoms with van der Waals surface area (Å²) < 4.78 is 5.38. The second-order valence-electron chi connectivity index (χ2n) is 4.68. The van der Waals surface area contributed by atoms with Crippen LogP contribution >= 0.6 is 12.2 Å². The van der Waals surface area contributed by atoms with Crippen molar-refractivity contribution in [3.63, 3.8) is 0 Å². The number of anilines is 1. The minimum atomic E-state index is -0.271. The molecule has 0 saturated heterocycles. The predicted molar refractivity (Wildman–Crippen MR) is 92.5 cm³/mol. The number of para-hydroxylation sites is 1. The van der Waals surface area contributed by atoms with Gasteiger partial charge in [0.05, 0.1) is 6.61 Å². The van der Waals surface area contributed by atoms with E-state index >= 15 is 0 Å². The van der Waals surface area contributed by atoms with E-state index in [0.717, 1.165) is 11.3 Å². The zero-order chi connectivity index (χ0) is 15.9. The highest BCUT2D eigenvalue weighted by molar-refractivity contribution is 7.80. The van der Waals surface area contributed by atoms with Crippen molar-refractivity contribution < 1.29 is 9.53 Å². The Morgan fingerprint density at radius 3 is 2.68 bits per heavy atom. The number of carbonyl (C=O) groups is 1. The fourth-order valence-electron chi connectivity index (χ4n) is 1.94. The quantitative estimate of drug-likeness (QED) is 0.848. The molecule has 0 unspecified atom stereocenters. The van der Waals surface area contributed by atoms with E-state index in [2.05, 4.69) is 10.6 Å². The Morgan fingerprint density at radius 2 is 1.95 bits per heavy atom. The van der Waals surface area contributed by atoms with E-state index in [1.165, 1.54) is 0 Å². The van der Waals surface area contributed by atoms with Crippen molar-refractivity contribution in [3.05, 3.63) is 59.7 Å². The predicted octanol–water partition coefficient (Wildman–Crippen LogP) is 3.52. The van der Waals surface area contributed by atoms with Gasteiger partial charge in [0.25, 0.3) is 5.91 Å². The van der Waals surface area contributed by atoms with Crippen LogP contribution < -0.4 is 15.4 Å². The molecule has 0 heterocycles. The Labute approximate surface area is 135 Å². The van der Waals surface area contributed by atoms with E-state index in [4.69, 9.17) is 17.0 Å². The van der Waals surface area contributed by atoms with Crippen LogP contribution in [0.25, 0.3) is 0 Å². The number of thiocarbonyl (C=S) groups is 1. The molecule has 0 saturated carbocycles. The Morgan fingerprint density at radius 1 is 1.18 bits per heavy atom. The molecule has 0 aliphatic carbocycles. The summed E-state index contributed by atoms with van der Waals surface area (Å²) in [7, 11) is 0. The van der Waals surface area contributed by atoms with E-state index in [9.17, 15) is 4.79 Å². The highest BCUT2D eigenvalue weighted by atomic mass is 32.1. The van der Waals surface area contributed by atoms with Crippen LogP contribution in [-0.4, -0.2) is 17.6 Å². The molecule has 0 radical (unpaired) electrons. The van der Waals surface area contributed by atoms with Crippen molar-refractivity contribution in [2.75, 3.05) is 11.9 Å². The number of hydrogen-bond acceptors (Lipinski definition) is 3. The average molecular weight is 314 g/mol. The molecule has 0 aliphatic heterocycles. The fraction of sp³-hybridized carbons (Fsp3) is 0.176. The molecule has 2 aromatic rings. The summed E-state index contributed by atoms with van der Waals surface area (Å²) in [6, 6.07) is 14.7. The first kappa shape index (κ1) is 16.0. The average Bonchev–Trinajstić information content (AvgIpc) is 2.50. The minimum Gasteiger partial charge on any atom is -0.494 e. The van der Waals surface area contributed by atoms with Crippen LogP contribution in [0.3, 0.4) is 0 Å². The molecule has 1 amide bonds. The largest absolute Gasteiger partial charge is 0.494 e. The van der Waals surface area contributed by atoms with Gasteiger partial charge in [0.1, 0.15) is 5.75 Å². The number of rotatable bonds is 4. The van der Waals surface area contributed by atoms with Crippen LogP contribution in [-0.2, 0) is 0 Å². The SMILES string of the molecule is CCOc1cccc(C(=O)NC(=S)Nc2ccccc2C)c1. The second kappa shape index (κ2) is 7.56. The maximum Gasteiger partial charge on any atom is 0.257 e. The zero-order valence-electron chi connectivity index (χ0n) is 12.6. The number of amides is 1. The highest BCUT2D eigenvalue weighted by Gasteiger charge is 2.09. The summed E-state index contributed by atoms with van der Waals surface area (Å²) in [5.74, 6) is 0.389. The van der Waals surface area contributed by atoms with Crippen molar-refractivity contribution in [2.24, 2.45) is 0 Å². The maximum absolute atomic E-state index is 12.2.